The summed E-state index contributed by atoms with van der Waals surface area (Å²) >= 11 is 1.72. The van der Waals surface area contributed by atoms with Gasteiger partial charge < -0.3 is 5.32 Å². The third-order valence-corrected chi connectivity index (χ3v) is 6.56. The van der Waals surface area contributed by atoms with E-state index in [9.17, 15) is 4.79 Å². The Kier molecular flexibility index (Phi) is 6.05. The number of hydrogen-bond acceptors (Lipinski definition) is 3. The molecule has 3 aromatic rings. The normalized spacial score (nSPS) is 13.5. The molecule has 4 rings (SSSR count). The minimum absolute atomic E-state index is 0.0589. The van der Waals surface area contributed by atoms with Gasteiger partial charge in [-0.25, -0.2) is 0 Å². The van der Waals surface area contributed by atoms with Gasteiger partial charge in [0.25, 0.3) is 5.91 Å². The zero-order valence-corrected chi connectivity index (χ0v) is 18.4. The third kappa shape index (κ3) is 4.34. The number of carbonyl (C=O) groups is 1. The SMILES string of the molecule is CCC1=Nc2cc(C(=O)NCC(C)c3ccccc3)ccc2Sc2ccc(C)cc21. The topological polar surface area (TPSA) is 41.5 Å². The average Bonchev–Trinajstić information content (AvgIpc) is 2.93. The molecular weight excluding hydrogens is 388 g/mol. The zero-order chi connectivity index (χ0) is 21.1. The largest absolute Gasteiger partial charge is 0.351 e. The van der Waals surface area contributed by atoms with Crippen molar-refractivity contribution in [2.24, 2.45) is 4.99 Å². The standard InChI is InChI=1S/C26H26N2OS/c1-4-22-21-14-17(2)10-12-24(21)30-25-13-11-20(15-23(25)28-22)26(29)27-16-18(3)19-8-6-5-7-9-19/h5-15,18H,4,16H2,1-3H3,(H,27,29). The molecule has 3 nitrogen and oxygen atoms in total. The van der Waals surface area contributed by atoms with Crippen molar-refractivity contribution in [1.82, 2.24) is 5.32 Å². The van der Waals surface area contributed by atoms with Crippen LogP contribution >= 0.6 is 11.8 Å². The van der Waals surface area contributed by atoms with Crippen LogP contribution in [0.1, 0.15) is 53.2 Å². The number of fused-ring (bicyclic) bond motifs is 2. The molecule has 1 N–H and O–H groups in total. The van der Waals surface area contributed by atoms with E-state index >= 15 is 0 Å². The van der Waals surface area contributed by atoms with Crippen molar-refractivity contribution in [3.8, 4) is 0 Å². The van der Waals surface area contributed by atoms with Crippen molar-refractivity contribution in [3.05, 3.63) is 89.0 Å². The fraction of sp³-hybridized carbons (Fsp3) is 0.231. The molecule has 1 heterocycles. The Balaban J connectivity index is 1.56. The molecule has 152 valence electrons. The van der Waals surface area contributed by atoms with E-state index < -0.39 is 0 Å². The van der Waals surface area contributed by atoms with Gasteiger partial charge in [-0.15, -0.1) is 0 Å². The summed E-state index contributed by atoms with van der Waals surface area (Å²) in [7, 11) is 0. The average molecular weight is 415 g/mol. The molecule has 0 aromatic heterocycles. The van der Waals surface area contributed by atoms with E-state index in [1.807, 2.05) is 36.4 Å². The highest BCUT2D eigenvalue weighted by Gasteiger charge is 2.18. The Bertz CT molecular complexity index is 1110. The summed E-state index contributed by atoms with van der Waals surface area (Å²) in [6.07, 6.45) is 0.849. The molecule has 1 amide bonds. The molecule has 0 bridgehead atoms. The fourth-order valence-electron chi connectivity index (χ4n) is 3.63. The van der Waals surface area contributed by atoms with Gasteiger partial charge in [0.15, 0.2) is 0 Å². The second-order valence-electron chi connectivity index (χ2n) is 7.72. The van der Waals surface area contributed by atoms with E-state index in [0.29, 0.717) is 12.1 Å². The molecule has 0 spiro atoms. The first-order chi connectivity index (χ1) is 14.5. The monoisotopic (exact) mass is 414 g/mol. The maximum atomic E-state index is 12.8. The molecular formula is C26H26N2OS. The summed E-state index contributed by atoms with van der Waals surface area (Å²) in [5, 5.41) is 3.08. The Morgan fingerprint density at radius 1 is 1.03 bits per heavy atom. The Hall–Kier alpha value is -2.85. The van der Waals surface area contributed by atoms with E-state index in [4.69, 9.17) is 4.99 Å². The Labute approximate surface area is 182 Å². The minimum atomic E-state index is -0.0589. The highest BCUT2D eigenvalue weighted by atomic mass is 32.2. The van der Waals surface area contributed by atoms with Crippen LogP contribution in [0.5, 0.6) is 0 Å². The number of nitrogens with zero attached hydrogens (tertiary/aromatic N) is 1. The molecule has 0 saturated carbocycles. The maximum absolute atomic E-state index is 12.8. The second kappa shape index (κ2) is 8.88. The number of aliphatic imine (C=N–C) groups is 1. The zero-order valence-electron chi connectivity index (χ0n) is 17.6. The Morgan fingerprint density at radius 2 is 1.80 bits per heavy atom. The van der Waals surface area contributed by atoms with Gasteiger partial charge in [0.2, 0.25) is 0 Å². The summed E-state index contributed by atoms with van der Waals surface area (Å²) in [4.78, 5) is 20.0. The lowest BCUT2D eigenvalue weighted by Gasteiger charge is -2.13. The van der Waals surface area contributed by atoms with Crippen LogP contribution in [0, 0.1) is 6.92 Å². The van der Waals surface area contributed by atoms with Gasteiger partial charge in [-0.2, -0.15) is 0 Å². The number of hydrogen-bond donors (Lipinski definition) is 1. The van der Waals surface area contributed by atoms with Gasteiger partial charge in [-0.3, -0.25) is 9.79 Å². The molecule has 0 radical (unpaired) electrons. The molecule has 1 unspecified atom stereocenters. The van der Waals surface area contributed by atoms with Gasteiger partial charge in [0.1, 0.15) is 0 Å². The van der Waals surface area contributed by atoms with Gasteiger partial charge in [-0.05, 0) is 55.2 Å². The first kappa shape index (κ1) is 20.4. The summed E-state index contributed by atoms with van der Waals surface area (Å²) < 4.78 is 0. The molecule has 3 aromatic carbocycles. The van der Waals surface area contributed by atoms with Crippen molar-refractivity contribution in [1.29, 1.82) is 0 Å². The lowest BCUT2D eigenvalue weighted by atomic mass is 10.0. The van der Waals surface area contributed by atoms with E-state index in [-0.39, 0.29) is 11.8 Å². The molecule has 4 heteroatoms. The second-order valence-corrected chi connectivity index (χ2v) is 8.80. The quantitative estimate of drug-likeness (QED) is 0.516. The number of aryl methyl sites for hydroxylation is 1. The van der Waals surface area contributed by atoms with E-state index in [1.54, 1.807) is 11.8 Å². The summed E-state index contributed by atoms with van der Waals surface area (Å²) in [6.45, 7) is 6.96. The molecule has 1 atom stereocenters. The predicted octanol–water partition coefficient (Wildman–Crippen LogP) is 6.52. The molecule has 0 saturated heterocycles. The fourth-order valence-corrected chi connectivity index (χ4v) is 4.64. The third-order valence-electron chi connectivity index (χ3n) is 5.41. The van der Waals surface area contributed by atoms with Gasteiger partial charge in [-0.1, -0.05) is 67.6 Å². The highest BCUT2D eigenvalue weighted by Crippen LogP contribution is 2.41. The van der Waals surface area contributed by atoms with E-state index in [0.717, 1.165) is 22.7 Å². The van der Waals surface area contributed by atoms with Crippen molar-refractivity contribution >= 4 is 29.1 Å². The van der Waals surface area contributed by atoms with Crippen molar-refractivity contribution in [2.45, 2.75) is 42.9 Å². The molecule has 30 heavy (non-hydrogen) atoms. The number of nitrogens with one attached hydrogen (secondary N) is 1. The van der Waals surface area contributed by atoms with Crippen LogP contribution < -0.4 is 5.32 Å². The molecule has 1 aliphatic heterocycles. The van der Waals surface area contributed by atoms with Crippen molar-refractivity contribution in [2.75, 3.05) is 6.54 Å². The van der Waals surface area contributed by atoms with Crippen LogP contribution in [0.3, 0.4) is 0 Å². The van der Waals surface area contributed by atoms with Crippen molar-refractivity contribution in [3.63, 3.8) is 0 Å². The van der Waals surface area contributed by atoms with Gasteiger partial charge >= 0.3 is 0 Å². The predicted molar refractivity (Wildman–Crippen MR) is 125 cm³/mol. The van der Waals surface area contributed by atoms with Crippen LogP contribution in [-0.4, -0.2) is 18.2 Å². The number of carbonyl (C=O) groups excluding carboxylic acids is 1. The maximum Gasteiger partial charge on any atom is 0.251 e. The number of rotatable bonds is 5. The molecule has 1 aliphatic rings. The lowest BCUT2D eigenvalue weighted by molar-refractivity contribution is 0.0951. The lowest BCUT2D eigenvalue weighted by Crippen LogP contribution is -2.27. The summed E-state index contributed by atoms with van der Waals surface area (Å²) in [6, 6.07) is 22.6. The van der Waals surface area contributed by atoms with Crippen LogP contribution in [0.25, 0.3) is 0 Å². The molecule has 0 fully saturated rings. The van der Waals surface area contributed by atoms with Crippen LogP contribution in [0.2, 0.25) is 0 Å². The highest BCUT2D eigenvalue weighted by molar-refractivity contribution is 7.99. The first-order valence-electron chi connectivity index (χ1n) is 10.4. The van der Waals surface area contributed by atoms with E-state index in [1.165, 1.54) is 21.6 Å². The van der Waals surface area contributed by atoms with Gasteiger partial charge in [0.05, 0.1) is 5.69 Å². The number of benzene rings is 3. The summed E-state index contributed by atoms with van der Waals surface area (Å²) in [5.74, 6) is 0.199. The van der Waals surface area contributed by atoms with Crippen LogP contribution in [0.15, 0.2) is 81.5 Å². The number of amides is 1. The Morgan fingerprint density at radius 3 is 2.57 bits per heavy atom. The molecule has 0 aliphatic carbocycles. The van der Waals surface area contributed by atoms with Crippen molar-refractivity contribution < 1.29 is 4.79 Å². The smallest absolute Gasteiger partial charge is 0.251 e. The van der Waals surface area contributed by atoms with Gasteiger partial charge in [0, 0.05) is 33.2 Å². The first-order valence-corrected chi connectivity index (χ1v) is 11.2. The minimum Gasteiger partial charge on any atom is -0.351 e. The van der Waals surface area contributed by atoms with Crippen LogP contribution in [0.4, 0.5) is 5.69 Å². The van der Waals surface area contributed by atoms with Crippen LogP contribution in [-0.2, 0) is 0 Å². The summed E-state index contributed by atoms with van der Waals surface area (Å²) in [5.41, 5.74) is 6.23. The van der Waals surface area contributed by atoms with E-state index in [2.05, 4.69) is 56.4 Å².